The van der Waals surface area contributed by atoms with Crippen LogP contribution in [0.15, 0.2) is 18.7 Å². The van der Waals surface area contributed by atoms with Gasteiger partial charge in [0.05, 0.1) is 12.1 Å². The molecule has 0 saturated carbocycles. The molecule has 80 valence electrons. The van der Waals surface area contributed by atoms with Gasteiger partial charge in [-0.25, -0.2) is 13.4 Å². The maximum absolute atomic E-state index is 11.4. The van der Waals surface area contributed by atoms with Gasteiger partial charge in [-0.15, -0.1) is 0 Å². The minimum absolute atomic E-state index is 0. The Morgan fingerprint density at radius 1 is 1.50 bits per heavy atom. The monoisotopic (exact) mass is 404 g/mol. The Morgan fingerprint density at radius 3 is 2.71 bits per heavy atom. The maximum atomic E-state index is 11.4. The van der Waals surface area contributed by atoms with Crippen LogP contribution in [0.2, 0.25) is 0 Å². The standard InChI is InChI=1S/C7H13N2O2PS.W/c1-2-3-6-13(10,11)12-9-5-4-8-7-9;/h4-5,7,12H,2-3,6H2,1H3;. The molecule has 0 bridgehead atoms. The third-order valence-electron chi connectivity index (χ3n) is 1.52. The van der Waals surface area contributed by atoms with Gasteiger partial charge in [-0.3, -0.25) is 0 Å². The van der Waals surface area contributed by atoms with E-state index < -0.39 is 9.46 Å². The molecule has 1 aromatic rings. The first kappa shape index (κ1) is 14.3. The molecule has 7 heteroatoms. The van der Waals surface area contributed by atoms with Crippen molar-refractivity contribution >= 4 is 17.4 Å². The van der Waals surface area contributed by atoms with Crippen LogP contribution < -0.4 is 0 Å². The average Bonchev–Trinajstić information content (AvgIpc) is 2.52. The molecule has 1 aromatic heterocycles. The average molecular weight is 404 g/mol. The fourth-order valence-corrected chi connectivity index (χ4v) is 4.17. The third kappa shape index (κ3) is 5.23. The van der Waals surface area contributed by atoms with Crippen molar-refractivity contribution in [2.24, 2.45) is 0 Å². The summed E-state index contributed by atoms with van der Waals surface area (Å²) in [5, 5.41) is 0. The molecule has 0 aliphatic rings. The predicted molar refractivity (Wildman–Crippen MR) is 54.6 cm³/mol. The Labute approximate surface area is 100 Å². The second-order valence-corrected chi connectivity index (χ2v) is 7.48. The summed E-state index contributed by atoms with van der Waals surface area (Å²) in [6.45, 7) is 1.98. The third-order valence-corrected chi connectivity index (χ3v) is 5.17. The molecular weight excluding hydrogens is 391 g/mol. The molecule has 0 spiro atoms. The SMILES string of the molecule is CCCCS(=O)(=O)Pn1ccnc1.[W]. The minimum atomic E-state index is -2.92. The van der Waals surface area contributed by atoms with Gasteiger partial charge in [0, 0.05) is 33.5 Å². The molecule has 0 fully saturated rings. The Hall–Kier alpha value is 0.278. The van der Waals surface area contributed by atoms with E-state index in [1.54, 1.807) is 16.7 Å². The number of unbranched alkanes of at least 4 members (excludes halogenated alkanes) is 1. The van der Waals surface area contributed by atoms with E-state index in [4.69, 9.17) is 0 Å². The second-order valence-electron chi connectivity index (χ2n) is 2.73. The number of nitrogens with zero attached hydrogens (tertiary/aromatic N) is 2. The first-order valence-electron chi connectivity index (χ1n) is 4.12. The van der Waals surface area contributed by atoms with E-state index in [1.807, 2.05) is 6.92 Å². The zero-order valence-corrected chi connectivity index (χ0v) is 12.6. The van der Waals surface area contributed by atoms with Crippen LogP contribution >= 0.6 is 7.93 Å². The number of hydrogen-bond acceptors (Lipinski definition) is 3. The van der Waals surface area contributed by atoms with Gasteiger partial charge in [-0.2, -0.15) is 0 Å². The van der Waals surface area contributed by atoms with Crippen molar-refractivity contribution < 1.29 is 29.5 Å². The van der Waals surface area contributed by atoms with Crippen LogP contribution in [0.3, 0.4) is 0 Å². The molecule has 0 aromatic carbocycles. The van der Waals surface area contributed by atoms with Crippen molar-refractivity contribution in [3.05, 3.63) is 18.7 Å². The fourth-order valence-electron chi connectivity index (χ4n) is 0.854. The van der Waals surface area contributed by atoms with Gasteiger partial charge in [0.2, 0.25) is 0 Å². The summed E-state index contributed by atoms with van der Waals surface area (Å²) in [6, 6.07) is 0. The molecule has 1 atom stereocenters. The fraction of sp³-hybridized carbons (Fsp3) is 0.571. The van der Waals surface area contributed by atoms with Crippen LogP contribution in [-0.2, 0) is 30.5 Å². The Bertz CT molecular complexity index is 339. The van der Waals surface area contributed by atoms with E-state index >= 15 is 0 Å². The van der Waals surface area contributed by atoms with Crippen molar-refractivity contribution in [1.82, 2.24) is 9.32 Å². The van der Waals surface area contributed by atoms with Crippen LogP contribution in [0.5, 0.6) is 0 Å². The van der Waals surface area contributed by atoms with Crippen LogP contribution in [0.1, 0.15) is 19.8 Å². The van der Waals surface area contributed by atoms with Gasteiger partial charge in [-0.1, -0.05) is 13.3 Å². The molecule has 14 heavy (non-hydrogen) atoms. The van der Waals surface area contributed by atoms with E-state index in [0.717, 1.165) is 12.8 Å². The Balaban J connectivity index is 0.00000169. The summed E-state index contributed by atoms with van der Waals surface area (Å²) < 4.78 is 24.4. The minimum Gasteiger partial charge on any atom is -0.305 e. The van der Waals surface area contributed by atoms with Crippen LogP contribution in [0.4, 0.5) is 0 Å². The molecule has 0 aliphatic carbocycles. The first-order chi connectivity index (χ1) is 6.14. The molecule has 0 radical (unpaired) electrons. The van der Waals surface area contributed by atoms with Gasteiger partial charge in [0.1, 0.15) is 7.93 Å². The van der Waals surface area contributed by atoms with Crippen molar-refractivity contribution in [2.75, 3.05) is 5.75 Å². The summed E-state index contributed by atoms with van der Waals surface area (Å²) in [5.41, 5.74) is 0. The molecule has 0 N–H and O–H groups in total. The van der Waals surface area contributed by atoms with Crippen LogP contribution in [0.25, 0.3) is 0 Å². The molecule has 1 heterocycles. The number of rotatable bonds is 5. The largest absolute Gasteiger partial charge is 0.305 e. The molecule has 1 unspecified atom stereocenters. The quantitative estimate of drug-likeness (QED) is 0.699. The molecule has 4 nitrogen and oxygen atoms in total. The summed E-state index contributed by atoms with van der Waals surface area (Å²) in [5.74, 6) is 0.278. The molecule has 0 aliphatic heterocycles. The number of imidazole rings is 1. The van der Waals surface area contributed by atoms with Crippen molar-refractivity contribution in [2.45, 2.75) is 19.8 Å². The van der Waals surface area contributed by atoms with E-state index in [9.17, 15) is 8.42 Å². The zero-order chi connectivity index (χ0) is 9.73. The van der Waals surface area contributed by atoms with E-state index in [-0.39, 0.29) is 34.8 Å². The maximum Gasteiger partial charge on any atom is 0.183 e. The van der Waals surface area contributed by atoms with E-state index in [0.29, 0.717) is 0 Å². The van der Waals surface area contributed by atoms with Crippen LogP contribution in [0, 0.1) is 0 Å². The predicted octanol–water partition coefficient (Wildman–Crippen LogP) is 1.45. The summed E-state index contributed by atoms with van der Waals surface area (Å²) in [7, 11) is -3.12. The van der Waals surface area contributed by atoms with Gasteiger partial charge < -0.3 is 4.34 Å². The van der Waals surface area contributed by atoms with Crippen molar-refractivity contribution in [3.8, 4) is 0 Å². The Kier molecular flexibility index (Phi) is 6.84. The van der Waals surface area contributed by atoms with Gasteiger partial charge in [-0.05, 0) is 6.42 Å². The first-order valence-corrected chi connectivity index (χ1v) is 7.45. The van der Waals surface area contributed by atoms with E-state index in [2.05, 4.69) is 4.98 Å². The smallest absolute Gasteiger partial charge is 0.183 e. The van der Waals surface area contributed by atoms with Crippen LogP contribution in [-0.4, -0.2) is 23.5 Å². The van der Waals surface area contributed by atoms with E-state index in [1.165, 1.54) is 6.33 Å². The molecular formula is C7H13N2O2PSW. The number of hydrogen-bond donors (Lipinski definition) is 0. The molecule has 0 saturated heterocycles. The summed E-state index contributed by atoms with van der Waals surface area (Å²) in [4.78, 5) is 3.79. The summed E-state index contributed by atoms with van der Waals surface area (Å²) in [6.07, 6.45) is 6.43. The van der Waals surface area contributed by atoms with Gasteiger partial charge in [0.25, 0.3) is 0 Å². The second kappa shape index (κ2) is 6.71. The van der Waals surface area contributed by atoms with Gasteiger partial charge >= 0.3 is 0 Å². The Morgan fingerprint density at radius 2 is 2.21 bits per heavy atom. The molecule has 0 amide bonds. The number of aromatic nitrogens is 2. The zero-order valence-electron chi connectivity index (χ0n) is 7.88. The molecule has 1 rings (SSSR count). The van der Waals surface area contributed by atoms with Crippen molar-refractivity contribution in [1.29, 1.82) is 0 Å². The van der Waals surface area contributed by atoms with Gasteiger partial charge in [0.15, 0.2) is 9.46 Å². The topological polar surface area (TPSA) is 52.0 Å². The van der Waals surface area contributed by atoms with Crippen molar-refractivity contribution in [3.63, 3.8) is 0 Å². The normalized spacial score (nSPS) is 11.8. The summed E-state index contributed by atoms with van der Waals surface area (Å²) >= 11 is 0.